The minimum Gasteiger partial charge on any atom is -0.733 e. The zero-order chi connectivity index (χ0) is 23.3. The molecule has 10 nitrogen and oxygen atoms in total. The molecule has 33 heavy (non-hydrogen) atoms. The van der Waals surface area contributed by atoms with Gasteiger partial charge in [-0.3, -0.25) is 19.6 Å². The Morgan fingerprint density at radius 1 is 1.18 bits per heavy atom. The predicted molar refractivity (Wildman–Crippen MR) is 122 cm³/mol. The Morgan fingerprint density at radius 2 is 2.00 bits per heavy atom. The number of likely N-dealkylation sites (tertiary alicyclic amines) is 1. The highest BCUT2D eigenvalue weighted by molar-refractivity contribution is 6.01. The number of rotatable bonds is 4. The third-order valence-electron chi connectivity index (χ3n) is 6.57. The highest BCUT2D eigenvalue weighted by atomic mass is 16.8. The van der Waals surface area contributed by atoms with Crippen LogP contribution in [-0.4, -0.2) is 44.1 Å². The summed E-state index contributed by atoms with van der Waals surface area (Å²) in [5, 5.41) is 23.7. The van der Waals surface area contributed by atoms with Gasteiger partial charge in [0.15, 0.2) is 0 Å². The molecule has 0 aliphatic carbocycles. The van der Waals surface area contributed by atoms with Crippen molar-refractivity contribution in [2.75, 3.05) is 23.6 Å². The van der Waals surface area contributed by atoms with Crippen molar-refractivity contribution in [3.8, 4) is 0 Å². The average Bonchev–Trinajstić information content (AvgIpc) is 3.17. The van der Waals surface area contributed by atoms with Gasteiger partial charge in [-0.1, -0.05) is 6.07 Å². The summed E-state index contributed by atoms with van der Waals surface area (Å²) in [6.07, 6.45) is 2.72. The normalized spacial score (nSPS) is 19.3. The van der Waals surface area contributed by atoms with Gasteiger partial charge in [0.1, 0.15) is 12.2 Å². The fraction of sp³-hybridized carbons (Fsp3) is 0.348. The number of pyridine rings is 1. The van der Waals surface area contributed by atoms with E-state index in [0.717, 1.165) is 23.0 Å². The summed E-state index contributed by atoms with van der Waals surface area (Å²) in [6.45, 7) is 3.06. The molecule has 1 aromatic carbocycles. The molecule has 2 N–H and O–H groups in total. The molecule has 2 aromatic heterocycles. The SMILES string of the molecule is CC(=O)Nc1cccc2c1ccn2CC(=O)N1C[C@H]2C[C@@H](C1)c1ccc(N([O-])O)c(=O)n1C2. The van der Waals surface area contributed by atoms with Crippen LogP contribution in [0.4, 0.5) is 11.4 Å². The van der Waals surface area contributed by atoms with E-state index >= 15 is 0 Å². The molecule has 0 unspecified atom stereocenters. The maximum absolute atomic E-state index is 13.2. The molecular formula is C23H24N5O5-. The maximum atomic E-state index is 13.2. The first kappa shape index (κ1) is 21.2. The fourth-order valence-electron chi connectivity index (χ4n) is 5.19. The first-order valence-electron chi connectivity index (χ1n) is 10.8. The van der Waals surface area contributed by atoms with Gasteiger partial charge < -0.3 is 29.8 Å². The number of hydrogen-bond donors (Lipinski definition) is 2. The monoisotopic (exact) mass is 450 g/mol. The minimum absolute atomic E-state index is 0.00484. The van der Waals surface area contributed by atoms with Gasteiger partial charge in [0.25, 0.3) is 5.56 Å². The van der Waals surface area contributed by atoms with Gasteiger partial charge in [0, 0.05) is 49.8 Å². The molecule has 172 valence electrons. The number of nitrogens with one attached hydrogen (secondary N) is 1. The van der Waals surface area contributed by atoms with Crippen LogP contribution in [0.25, 0.3) is 10.9 Å². The van der Waals surface area contributed by atoms with Crippen LogP contribution in [0.2, 0.25) is 0 Å². The van der Waals surface area contributed by atoms with Gasteiger partial charge in [0.05, 0.1) is 11.2 Å². The lowest BCUT2D eigenvalue weighted by atomic mass is 9.83. The average molecular weight is 450 g/mol. The Morgan fingerprint density at radius 3 is 2.76 bits per heavy atom. The number of hydrogen-bond acceptors (Lipinski definition) is 6. The molecule has 0 saturated carbocycles. The number of piperidine rings is 1. The van der Waals surface area contributed by atoms with Crippen LogP contribution >= 0.6 is 0 Å². The van der Waals surface area contributed by atoms with Crippen molar-refractivity contribution in [2.45, 2.75) is 32.4 Å². The van der Waals surface area contributed by atoms with Crippen LogP contribution in [0.3, 0.4) is 0 Å². The zero-order valence-corrected chi connectivity index (χ0v) is 18.1. The fourth-order valence-corrected chi connectivity index (χ4v) is 5.19. The second-order valence-corrected chi connectivity index (χ2v) is 8.79. The summed E-state index contributed by atoms with van der Waals surface area (Å²) >= 11 is 0. The quantitative estimate of drug-likeness (QED) is 0.587. The molecule has 2 aliphatic rings. The first-order valence-corrected chi connectivity index (χ1v) is 10.8. The van der Waals surface area contributed by atoms with Crippen molar-refractivity contribution in [1.82, 2.24) is 14.0 Å². The molecule has 1 saturated heterocycles. The Balaban J connectivity index is 1.36. The molecule has 0 spiro atoms. The number of aromatic nitrogens is 2. The van der Waals surface area contributed by atoms with Crippen LogP contribution in [0, 0.1) is 11.1 Å². The van der Waals surface area contributed by atoms with E-state index in [9.17, 15) is 24.8 Å². The Hall–Kier alpha value is -3.63. The molecule has 1 fully saturated rings. The standard InChI is InChI=1S/C23H24N5O5/c1-14(29)24-18-3-2-4-20-17(18)7-8-25(20)13-22(30)26-10-15-9-16(12-26)19-5-6-21(28(32)33)23(31)27(19)11-15/h2-8,15-16,32H,9-13H2,1H3,(H,24,29)/q-1/t15-,16+/m1/s1. The summed E-state index contributed by atoms with van der Waals surface area (Å²) in [6, 6.07) is 10.5. The number of carbonyl (C=O) groups is 2. The van der Waals surface area contributed by atoms with E-state index in [1.807, 2.05) is 39.9 Å². The first-order chi connectivity index (χ1) is 15.8. The number of nitrogens with zero attached hydrogens (tertiary/aromatic N) is 4. The number of anilines is 2. The molecule has 2 bridgehead atoms. The van der Waals surface area contributed by atoms with Gasteiger partial charge in [-0.15, -0.1) is 0 Å². The molecule has 3 aromatic rings. The van der Waals surface area contributed by atoms with E-state index in [4.69, 9.17) is 0 Å². The van der Waals surface area contributed by atoms with E-state index in [1.54, 1.807) is 10.6 Å². The van der Waals surface area contributed by atoms with Crippen LogP contribution in [-0.2, 0) is 22.7 Å². The highest BCUT2D eigenvalue weighted by Gasteiger charge is 2.36. The smallest absolute Gasteiger partial charge is 0.275 e. The molecule has 5 rings (SSSR count). The molecule has 2 aliphatic heterocycles. The highest BCUT2D eigenvalue weighted by Crippen LogP contribution is 2.36. The molecule has 0 radical (unpaired) electrons. The second-order valence-electron chi connectivity index (χ2n) is 8.79. The molecule has 2 amide bonds. The topological polar surface area (TPSA) is 123 Å². The van der Waals surface area contributed by atoms with Crippen LogP contribution < -0.4 is 16.1 Å². The van der Waals surface area contributed by atoms with Gasteiger partial charge in [-0.2, -0.15) is 0 Å². The van der Waals surface area contributed by atoms with Gasteiger partial charge in [-0.25, -0.2) is 0 Å². The number of benzene rings is 1. The van der Waals surface area contributed by atoms with Crippen molar-refractivity contribution < 1.29 is 14.8 Å². The molecule has 4 heterocycles. The lowest BCUT2D eigenvalue weighted by Gasteiger charge is -2.43. The van der Waals surface area contributed by atoms with Crippen molar-refractivity contribution in [3.05, 3.63) is 63.9 Å². The van der Waals surface area contributed by atoms with Crippen molar-refractivity contribution in [1.29, 1.82) is 0 Å². The van der Waals surface area contributed by atoms with Gasteiger partial charge in [-0.05, 0) is 42.7 Å². The maximum Gasteiger partial charge on any atom is 0.275 e. The minimum atomic E-state index is -0.506. The lowest BCUT2D eigenvalue weighted by molar-refractivity contribution is -0.134. The Labute approximate surface area is 189 Å². The molecular weight excluding hydrogens is 426 g/mol. The molecule has 10 heteroatoms. The van der Waals surface area contributed by atoms with Crippen molar-refractivity contribution in [2.24, 2.45) is 5.92 Å². The van der Waals surface area contributed by atoms with E-state index in [2.05, 4.69) is 5.32 Å². The zero-order valence-electron chi connectivity index (χ0n) is 18.1. The van der Waals surface area contributed by atoms with Crippen molar-refractivity contribution >= 4 is 34.1 Å². The van der Waals surface area contributed by atoms with Gasteiger partial charge >= 0.3 is 0 Å². The summed E-state index contributed by atoms with van der Waals surface area (Å²) in [7, 11) is 0. The largest absolute Gasteiger partial charge is 0.733 e. The second kappa shape index (κ2) is 8.05. The predicted octanol–water partition coefficient (Wildman–Crippen LogP) is 2.10. The number of fused-ring (bicyclic) bond motifs is 5. The Kier molecular flexibility index (Phi) is 5.18. The van der Waals surface area contributed by atoms with Crippen LogP contribution in [0.1, 0.15) is 25.0 Å². The van der Waals surface area contributed by atoms with Crippen LogP contribution in [0.5, 0.6) is 0 Å². The van der Waals surface area contributed by atoms with Crippen LogP contribution in [0.15, 0.2) is 47.4 Å². The summed E-state index contributed by atoms with van der Waals surface area (Å²) in [5.41, 5.74) is 1.55. The summed E-state index contributed by atoms with van der Waals surface area (Å²) in [4.78, 5) is 39.1. The van der Waals surface area contributed by atoms with E-state index in [1.165, 1.54) is 13.0 Å². The van der Waals surface area contributed by atoms with E-state index in [-0.39, 0.29) is 35.9 Å². The van der Waals surface area contributed by atoms with E-state index in [0.29, 0.717) is 25.3 Å². The van der Waals surface area contributed by atoms with Crippen molar-refractivity contribution in [3.63, 3.8) is 0 Å². The van der Waals surface area contributed by atoms with E-state index < -0.39 is 10.8 Å². The summed E-state index contributed by atoms with van der Waals surface area (Å²) in [5.74, 6) is -0.0743. The Bertz CT molecular complexity index is 1310. The third-order valence-corrected chi connectivity index (χ3v) is 6.57. The summed E-state index contributed by atoms with van der Waals surface area (Å²) < 4.78 is 3.43. The van der Waals surface area contributed by atoms with Gasteiger partial charge in [0.2, 0.25) is 11.8 Å². The number of carbonyl (C=O) groups excluding carboxylic acids is 2. The third kappa shape index (κ3) is 3.77. The number of amides is 2. The molecule has 2 atom stereocenters. The lowest BCUT2D eigenvalue weighted by Crippen LogP contribution is -2.50.